The van der Waals surface area contributed by atoms with E-state index in [1.54, 1.807) is 25.6 Å². The van der Waals surface area contributed by atoms with Gasteiger partial charge < -0.3 is 5.32 Å². The van der Waals surface area contributed by atoms with Gasteiger partial charge in [0.2, 0.25) is 0 Å². The predicted molar refractivity (Wildman–Crippen MR) is 55.2 cm³/mol. The fourth-order valence-corrected chi connectivity index (χ4v) is 1.40. The summed E-state index contributed by atoms with van der Waals surface area (Å²) in [6.45, 7) is 5.24. The van der Waals surface area contributed by atoms with Crippen LogP contribution in [0.3, 0.4) is 0 Å². The lowest BCUT2D eigenvalue weighted by molar-refractivity contribution is 0.0946. The Bertz CT molecular complexity index is 427. The van der Waals surface area contributed by atoms with Crippen LogP contribution in [0.1, 0.15) is 28.7 Å². The van der Waals surface area contributed by atoms with Gasteiger partial charge in [0.05, 0.1) is 17.3 Å². The third-order valence-electron chi connectivity index (χ3n) is 2.28. The SMILES string of the molecule is Cc1nn(C)c(C)c1C(=O)N[C@@H](C)C#N. The number of carbonyl (C=O) groups excluding carboxylic acids is 1. The normalized spacial score (nSPS) is 11.9. The molecule has 1 heterocycles. The van der Waals surface area contributed by atoms with Gasteiger partial charge in [-0.25, -0.2) is 0 Å². The van der Waals surface area contributed by atoms with Crippen LogP contribution >= 0.6 is 0 Å². The lowest BCUT2D eigenvalue weighted by Gasteiger charge is -2.06. The fraction of sp³-hybridized carbons (Fsp3) is 0.500. The van der Waals surface area contributed by atoms with Gasteiger partial charge in [0.15, 0.2) is 0 Å². The monoisotopic (exact) mass is 206 g/mol. The van der Waals surface area contributed by atoms with E-state index in [0.717, 1.165) is 5.69 Å². The molecule has 0 aliphatic heterocycles. The van der Waals surface area contributed by atoms with Crippen LogP contribution in [0.25, 0.3) is 0 Å². The molecule has 80 valence electrons. The van der Waals surface area contributed by atoms with E-state index >= 15 is 0 Å². The van der Waals surface area contributed by atoms with Crippen molar-refractivity contribution in [2.24, 2.45) is 7.05 Å². The van der Waals surface area contributed by atoms with Gasteiger partial charge in [0.1, 0.15) is 6.04 Å². The molecule has 1 rings (SSSR count). The average Bonchev–Trinajstić information content (AvgIpc) is 2.41. The number of nitrogens with zero attached hydrogens (tertiary/aromatic N) is 3. The summed E-state index contributed by atoms with van der Waals surface area (Å²) in [6.07, 6.45) is 0. The highest BCUT2D eigenvalue weighted by molar-refractivity contribution is 5.96. The minimum absolute atomic E-state index is 0.243. The maximum Gasteiger partial charge on any atom is 0.256 e. The number of aromatic nitrogens is 2. The van der Waals surface area contributed by atoms with E-state index in [4.69, 9.17) is 5.26 Å². The molecule has 0 aliphatic carbocycles. The number of hydrogen-bond donors (Lipinski definition) is 1. The molecule has 0 unspecified atom stereocenters. The quantitative estimate of drug-likeness (QED) is 0.773. The van der Waals surface area contributed by atoms with E-state index in [2.05, 4.69) is 10.4 Å². The van der Waals surface area contributed by atoms with Gasteiger partial charge in [0.25, 0.3) is 5.91 Å². The van der Waals surface area contributed by atoms with Crippen LogP contribution in [0.15, 0.2) is 0 Å². The van der Waals surface area contributed by atoms with Crippen LogP contribution in [-0.4, -0.2) is 21.7 Å². The van der Waals surface area contributed by atoms with Crippen molar-refractivity contribution in [3.63, 3.8) is 0 Å². The van der Waals surface area contributed by atoms with E-state index < -0.39 is 6.04 Å². The number of carbonyl (C=O) groups is 1. The molecule has 0 aromatic carbocycles. The number of nitriles is 1. The van der Waals surface area contributed by atoms with Crippen LogP contribution in [0.4, 0.5) is 0 Å². The molecule has 1 N–H and O–H groups in total. The molecule has 0 fully saturated rings. The zero-order valence-corrected chi connectivity index (χ0v) is 9.33. The summed E-state index contributed by atoms with van der Waals surface area (Å²) in [5.74, 6) is -0.243. The maximum atomic E-state index is 11.8. The number of aryl methyl sites for hydroxylation is 2. The fourth-order valence-electron chi connectivity index (χ4n) is 1.40. The molecule has 0 saturated heterocycles. The maximum absolute atomic E-state index is 11.8. The third-order valence-corrected chi connectivity index (χ3v) is 2.28. The van der Waals surface area contributed by atoms with Crippen molar-refractivity contribution in [3.05, 3.63) is 17.0 Å². The number of hydrogen-bond acceptors (Lipinski definition) is 3. The summed E-state index contributed by atoms with van der Waals surface area (Å²) in [6, 6.07) is 1.46. The van der Waals surface area contributed by atoms with Gasteiger partial charge in [-0.15, -0.1) is 0 Å². The highest BCUT2D eigenvalue weighted by Crippen LogP contribution is 2.11. The van der Waals surface area contributed by atoms with Gasteiger partial charge in [-0.05, 0) is 20.8 Å². The number of nitrogens with one attached hydrogen (secondary N) is 1. The molecule has 1 aromatic rings. The molecule has 0 aliphatic rings. The molecule has 0 spiro atoms. The summed E-state index contributed by atoms with van der Waals surface area (Å²) in [5, 5.41) is 15.3. The molecule has 0 bridgehead atoms. The van der Waals surface area contributed by atoms with E-state index in [1.807, 2.05) is 13.0 Å². The van der Waals surface area contributed by atoms with Crippen molar-refractivity contribution < 1.29 is 4.79 Å². The molecular formula is C10H14N4O. The van der Waals surface area contributed by atoms with Crippen LogP contribution in [0, 0.1) is 25.2 Å². The molecule has 15 heavy (non-hydrogen) atoms. The molecule has 0 radical (unpaired) electrons. The summed E-state index contributed by atoms with van der Waals surface area (Å²) >= 11 is 0. The Morgan fingerprint density at radius 3 is 2.60 bits per heavy atom. The Morgan fingerprint density at radius 1 is 1.60 bits per heavy atom. The Morgan fingerprint density at radius 2 is 2.20 bits per heavy atom. The van der Waals surface area contributed by atoms with Gasteiger partial charge in [-0.3, -0.25) is 9.48 Å². The average molecular weight is 206 g/mol. The second-order valence-corrected chi connectivity index (χ2v) is 3.49. The van der Waals surface area contributed by atoms with E-state index in [0.29, 0.717) is 11.3 Å². The smallest absolute Gasteiger partial charge is 0.256 e. The van der Waals surface area contributed by atoms with Crippen LogP contribution < -0.4 is 5.32 Å². The Labute approximate surface area is 88.7 Å². The van der Waals surface area contributed by atoms with Gasteiger partial charge in [0, 0.05) is 12.7 Å². The minimum atomic E-state index is -0.489. The Balaban J connectivity index is 2.97. The van der Waals surface area contributed by atoms with E-state index in [9.17, 15) is 4.79 Å². The Kier molecular flexibility index (Phi) is 3.10. The van der Waals surface area contributed by atoms with Crippen molar-refractivity contribution in [1.29, 1.82) is 5.26 Å². The van der Waals surface area contributed by atoms with Gasteiger partial charge in [-0.2, -0.15) is 10.4 Å². The van der Waals surface area contributed by atoms with Crippen LogP contribution in [-0.2, 0) is 7.05 Å². The highest BCUT2D eigenvalue weighted by Gasteiger charge is 2.18. The number of rotatable bonds is 2. The summed E-state index contributed by atoms with van der Waals surface area (Å²) in [5.41, 5.74) is 2.03. The standard InChI is InChI=1S/C10H14N4O/c1-6(5-11)12-10(15)9-7(2)13-14(4)8(9)3/h6H,1-4H3,(H,12,15)/t6-/m0/s1. The molecule has 0 saturated carbocycles. The third kappa shape index (κ3) is 2.15. The second-order valence-electron chi connectivity index (χ2n) is 3.49. The highest BCUT2D eigenvalue weighted by atomic mass is 16.1. The largest absolute Gasteiger partial charge is 0.336 e. The van der Waals surface area contributed by atoms with Gasteiger partial charge >= 0.3 is 0 Å². The van der Waals surface area contributed by atoms with Gasteiger partial charge in [-0.1, -0.05) is 0 Å². The lowest BCUT2D eigenvalue weighted by atomic mass is 10.2. The molecule has 1 amide bonds. The summed E-state index contributed by atoms with van der Waals surface area (Å²) in [4.78, 5) is 11.8. The minimum Gasteiger partial charge on any atom is -0.336 e. The van der Waals surface area contributed by atoms with Crippen molar-refractivity contribution in [3.8, 4) is 6.07 Å². The molecular weight excluding hydrogens is 192 g/mol. The number of amides is 1. The topological polar surface area (TPSA) is 70.7 Å². The molecule has 1 aromatic heterocycles. The molecule has 5 heteroatoms. The molecule has 5 nitrogen and oxygen atoms in total. The van der Waals surface area contributed by atoms with Crippen molar-refractivity contribution >= 4 is 5.91 Å². The predicted octanol–water partition coefficient (Wildman–Crippen LogP) is 0.679. The summed E-state index contributed by atoms with van der Waals surface area (Å²) in [7, 11) is 1.78. The van der Waals surface area contributed by atoms with E-state index in [1.165, 1.54) is 0 Å². The van der Waals surface area contributed by atoms with Crippen molar-refractivity contribution in [2.75, 3.05) is 0 Å². The van der Waals surface area contributed by atoms with Crippen molar-refractivity contribution in [1.82, 2.24) is 15.1 Å². The second kappa shape index (κ2) is 4.13. The van der Waals surface area contributed by atoms with E-state index in [-0.39, 0.29) is 5.91 Å². The zero-order chi connectivity index (χ0) is 11.6. The lowest BCUT2D eigenvalue weighted by Crippen LogP contribution is -2.32. The van der Waals surface area contributed by atoms with Crippen LogP contribution in [0.5, 0.6) is 0 Å². The first-order valence-electron chi connectivity index (χ1n) is 4.68. The first-order valence-corrected chi connectivity index (χ1v) is 4.68. The first-order chi connectivity index (χ1) is 6.97. The van der Waals surface area contributed by atoms with Crippen molar-refractivity contribution in [2.45, 2.75) is 26.8 Å². The van der Waals surface area contributed by atoms with Crippen LogP contribution in [0.2, 0.25) is 0 Å². The molecule has 1 atom stereocenters. The summed E-state index contributed by atoms with van der Waals surface area (Å²) < 4.78 is 1.65. The first kappa shape index (κ1) is 11.2. The zero-order valence-electron chi connectivity index (χ0n) is 9.33. The Hall–Kier alpha value is -1.83.